The van der Waals surface area contributed by atoms with Crippen LogP contribution in [0.3, 0.4) is 0 Å². The highest BCUT2D eigenvalue weighted by Crippen LogP contribution is 2.16. The molecule has 0 radical (unpaired) electrons. The lowest BCUT2D eigenvalue weighted by molar-refractivity contribution is 0.603. The van der Waals surface area contributed by atoms with Gasteiger partial charge in [-0.1, -0.05) is 13.0 Å². The molecule has 90 valence electrons. The molecule has 0 heterocycles. The molecule has 1 aromatic carbocycles. The summed E-state index contributed by atoms with van der Waals surface area (Å²) in [4.78, 5) is 0. The standard InChI is InChI=1S/C10H17N3O2S/c1-3-8(2)12-9-5-4-6-10(7-9)13-16(11,14)15/h4-8,12-13H,3H2,1-2H3,(H2,11,14,15). The summed E-state index contributed by atoms with van der Waals surface area (Å²) in [7, 11) is -3.71. The third-order valence-corrected chi connectivity index (χ3v) is 2.67. The van der Waals surface area contributed by atoms with Crippen LogP contribution in [0.5, 0.6) is 0 Å². The van der Waals surface area contributed by atoms with Crippen LogP contribution < -0.4 is 15.2 Å². The third-order valence-electron chi connectivity index (χ3n) is 2.15. The van der Waals surface area contributed by atoms with Gasteiger partial charge in [0.2, 0.25) is 0 Å². The highest BCUT2D eigenvalue weighted by atomic mass is 32.2. The van der Waals surface area contributed by atoms with Crippen molar-refractivity contribution in [3.8, 4) is 0 Å². The summed E-state index contributed by atoms with van der Waals surface area (Å²) in [5.41, 5.74) is 1.32. The van der Waals surface area contributed by atoms with E-state index in [1.165, 1.54) is 0 Å². The van der Waals surface area contributed by atoms with E-state index in [0.29, 0.717) is 11.7 Å². The Labute approximate surface area is 96.2 Å². The molecule has 1 aromatic rings. The minimum absolute atomic E-state index is 0.338. The minimum atomic E-state index is -3.71. The summed E-state index contributed by atoms with van der Waals surface area (Å²) in [6, 6.07) is 7.33. The van der Waals surface area contributed by atoms with E-state index in [1.54, 1.807) is 18.2 Å². The van der Waals surface area contributed by atoms with Gasteiger partial charge in [0.05, 0.1) is 5.69 Å². The van der Waals surface area contributed by atoms with Gasteiger partial charge in [-0.3, -0.25) is 4.72 Å². The summed E-state index contributed by atoms with van der Waals surface area (Å²) < 4.78 is 23.9. The van der Waals surface area contributed by atoms with Gasteiger partial charge in [0, 0.05) is 11.7 Å². The van der Waals surface area contributed by atoms with Crippen LogP contribution in [-0.4, -0.2) is 14.5 Å². The lowest BCUT2D eigenvalue weighted by atomic mass is 10.2. The second-order valence-electron chi connectivity index (χ2n) is 3.68. The Balaban J connectivity index is 2.79. The zero-order chi connectivity index (χ0) is 12.2. The quantitative estimate of drug-likeness (QED) is 0.733. The van der Waals surface area contributed by atoms with Gasteiger partial charge in [-0.2, -0.15) is 8.42 Å². The van der Waals surface area contributed by atoms with Crippen molar-refractivity contribution in [1.29, 1.82) is 0 Å². The number of nitrogens with two attached hydrogens (primary N) is 1. The summed E-state index contributed by atoms with van der Waals surface area (Å²) in [6.45, 7) is 4.13. The highest BCUT2D eigenvalue weighted by molar-refractivity contribution is 7.90. The van der Waals surface area contributed by atoms with Crippen molar-refractivity contribution in [2.24, 2.45) is 5.14 Å². The zero-order valence-corrected chi connectivity index (χ0v) is 10.2. The molecule has 0 aliphatic carbocycles. The second kappa shape index (κ2) is 5.18. The van der Waals surface area contributed by atoms with Gasteiger partial charge in [0.1, 0.15) is 0 Å². The van der Waals surface area contributed by atoms with Crippen LogP contribution in [0, 0.1) is 0 Å². The topological polar surface area (TPSA) is 84.2 Å². The van der Waals surface area contributed by atoms with Crippen LogP contribution in [-0.2, 0) is 10.2 Å². The van der Waals surface area contributed by atoms with Gasteiger partial charge in [0.25, 0.3) is 10.2 Å². The Bertz CT molecular complexity index is 445. The Morgan fingerprint density at radius 3 is 2.56 bits per heavy atom. The first-order valence-corrected chi connectivity index (χ1v) is 6.62. The van der Waals surface area contributed by atoms with E-state index >= 15 is 0 Å². The van der Waals surface area contributed by atoms with Crippen molar-refractivity contribution in [3.05, 3.63) is 24.3 Å². The van der Waals surface area contributed by atoms with Crippen LogP contribution in [0.1, 0.15) is 20.3 Å². The Kier molecular flexibility index (Phi) is 4.14. The molecule has 1 atom stereocenters. The van der Waals surface area contributed by atoms with Gasteiger partial charge < -0.3 is 5.32 Å². The Hall–Kier alpha value is -1.27. The van der Waals surface area contributed by atoms with Gasteiger partial charge in [-0.25, -0.2) is 5.14 Å². The second-order valence-corrected chi connectivity index (χ2v) is 4.98. The summed E-state index contributed by atoms with van der Waals surface area (Å²) in [6.07, 6.45) is 0.993. The summed E-state index contributed by atoms with van der Waals surface area (Å²) in [5.74, 6) is 0. The number of nitrogens with one attached hydrogen (secondary N) is 2. The van der Waals surface area contributed by atoms with Gasteiger partial charge in [-0.15, -0.1) is 0 Å². The van der Waals surface area contributed by atoms with Gasteiger partial charge in [0.15, 0.2) is 0 Å². The van der Waals surface area contributed by atoms with Crippen molar-refractivity contribution in [1.82, 2.24) is 0 Å². The monoisotopic (exact) mass is 243 g/mol. The molecule has 0 fully saturated rings. The van der Waals surface area contributed by atoms with Crippen molar-refractivity contribution in [3.63, 3.8) is 0 Å². The predicted octanol–water partition coefficient (Wildman–Crippen LogP) is 1.51. The van der Waals surface area contributed by atoms with E-state index in [1.807, 2.05) is 6.07 Å². The van der Waals surface area contributed by atoms with Crippen LogP contribution in [0.15, 0.2) is 24.3 Å². The molecular weight excluding hydrogens is 226 g/mol. The molecule has 0 spiro atoms. The number of benzene rings is 1. The van der Waals surface area contributed by atoms with Gasteiger partial charge >= 0.3 is 0 Å². The highest BCUT2D eigenvalue weighted by Gasteiger charge is 2.03. The number of hydrogen-bond donors (Lipinski definition) is 3. The van der Waals surface area contributed by atoms with E-state index in [0.717, 1.165) is 12.1 Å². The lowest BCUT2D eigenvalue weighted by Crippen LogP contribution is -2.21. The maximum atomic E-state index is 10.8. The molecule has 0 aromatic heterocycles. The molecule has 16 heavy (non-hydrogen) atoms. The molecule has 0 saturated carbocycles. The lowest BCUT2D eigenvalue weighted by Gasteiger charge is -2.13. The largest absolute Gasteiger partial charge is 0.383 e. The molecule has 5 nitrogen and oxygen atoms in total. The predicted molar refractivity (Wildman–Crippen MR) is 66.5 cm³/mol. The smallest absolute Gasteiger partial charge is 0.296 e. The first-order valence-electron chi connectivity index (χ1n) is 5.08. The fraction of sp³-hybridized carbons (Fsp3) is 0.400. The summed E-state index contributed by atoms with van der Waals surface area (Å²) in [5, 5.41) is 8.13. The molecule has 0 saturated heterocycles. The van der Waals surface area contributed by atoms with Gasteiger partial charge in [-0.05, 0) is 31.5 Å². The first kappa shape index (κ1) is 12.8. The van der Waals surface area contributed by atoms with Crippen molar-refractivity contribution < 1.29 is 8.42 Å². The van der Waals surface area contributed by atoms with Crippen molar-refractivity contribution >= 4 is 21.6 Å². The Morgan fingerprint density at radius 1 is 1.38 bits per heavy atom. The molecule has 1 unspecified atom stereocenters. The Morgan fingerprint density at radius 2 is 2.00 bits per heavy atom. The van der Waals surface area contributed by atoms with E-state index in [2.05, 4.69) is 23.9 Å². The van der Waals surface area contributed by atoms with Crippen LogP contribution in [0.2, 0.25) is 0 Å². The van der Waals surface area contributed by atoms with Crippen molar-refractivity contribution in [2.45, 2.75) is 26.3 Å². The first-order chi connectivity index (χ1) is 7.40. The van der Waals surface area contributed by atoms with E-state index in [4.69, 9.17) is 5.14 Å². The SMILES string of the molecule is CCC(C)Nc1cccc(NS(N)(=O)=O)c1. The number of rotatable bonds is 5. The average Bonchev–Trinajstić information content (AvgIpc) is 2.15. The van der Waals surface area contributed by atoms with E-state index in [9.17, 15) is 8.42 Å². The molecule has 4 N–H and O–H groups in total. The fourth-order valence-electron chi connectivity index (χ4n) is 1.22. The number of anilines is 2. The zero-order valence-electron chi connectivity index (χ0n) is 9.40. The normalized spacial score (nSPS) is 13.2. The summed E-state index contributed by atoms with van der Waals surface area (Å²) >= 11 is 0. The molecule has 0 aliphatic rings. The minimum Gasteiger partial charge on any atom is -0.383 e. The maximum absolute atomic E-state index is 10.8. The third kappa shape index (κ3) is 4.50. The molecule has 1 rings (SSSR count). The van der Waals surface area contributed by atoms with Crippen molar-refractivity contribution in [2.75, 3.05) is 10.0 Å². The van der Waals surface area contributed by atoms with Crippen LogP contribution in [0.4, 0.5) is 11.4 Å². The molecule has 0 aliphatic heterocycles. The molecule has 0 amide bonds. The van der Waals surface area contributed by atoms with Crippen LogP contribution >= 0.6 is 0 Å². The molecule has 6 heteroatoms. The van der Waals surface area contributed by atoms with E-state index < -0.39 is 10.2 Å². The molecular formula is C10H17N3O2S. The van der Waals surface area contributed by atoms with E-state index in [-0.39, 0.29) is 0 Å². The van der Waals surface area contributed by atoms with Crippen LogP contribution in [0.25, 0.3) is 0 Å². The maximum Gasteiger partial charge on any atom is 0.296 e. The molecule has 0 bridgehead atoms. The number of hydrogen-bond acceptors (Lipinski definition) is 3. The average molecular weight is 243 g/mol. The fourth-order valence-corrected chi connectivity index (χ4v) is 1.68.